The molecule has 82 valence electrons. The Hall–Kier alpha value is 0.310. The van der Waals surface area contributed by atoms with Crippen LogP contribution in [0.4, 0.5) is 0 Å². The molecule has 0 spiro atoms. The van der Waals surface area contributed by atoms with Crippen LogP contribution in [0.1, 0.15) is 54.4 Å². The summed E-state index contributed by atoms with van der Waals surface area (Å²) in [5, 5.41) is 0. The maximum absolute atomic E-state index is 6.20. The highest BCUT2D eigenvalue weighted by Crippen LogP contribution is 2.29. The van der Waals surface area contributed by atoms with Crippen molar-refractivity contribution in [2.75, 3.05) is 0 Å². The zero-order valence-electron chi connectivity index (χ0n) is 10.1. The third-order valence-electron chi connectivity index (χ3n) is 1.81. The first-order valence-corrected chi connectivity index (χ1v) is 4.91. The van der Waals surface area contributed by atoms with Crippen molar-refractivity contribution in [3.05, 3.63) is 0 Å². The predicted molar refractivity (Wildman–Crippen MR) is 66.5 cm³/mol. The Morgan fingerprint density at radius 3 is 1.69 bits per heavy atom. The standard InChI is InChI=1S/C11H25N.H2S/c1-9(2)7-11(6,12)8-10(3,4)5;/h9H,7-8,12H2,1-6H3;1H2/t11-;/m0./s1. The SMILES string of the molecule is CC(C)C[C@](C)(N)CC(C)(C)C.S. The summed E-state index contributed by atoms with van der Waals surface area (Å²) in [6.45, 7) is 13.4. The van der Waals surface area contributed by atoms with Gasteiger partial charge in [0.25, 0.3) is 0 Å². The number of hydrogen-bond acceptors (Lipinski definition) is 1. The number of rotatable bonds is 3. The quantitative estimate of drug-likeness (QED) is 0.751. The van der Waals surface area contributed by atoms with E-state index in [1.54, 1.807) is 0 Å². The van der Waals surface area contributed by atoms with E-state index in [9.17, 15) is 0 Å². The molecule has 0 saturated carbocycles. The molecule has 2 heteroatoms. The molecule has 13 heavy (non-hydrogen) atoms. The van der Waals surface area contributed by atoms with Crippen LogP contribution in [0, 0.1) is 11.3 Å². The monoisotopic (exact) mass is 205 g/mol. The van der Waals surface area contributed by atoms with E-state index >= 15 is 0 Å². The van der Waals surface area contributed by atoms with Crippen molar-refractivity contribution in [3.8, 4) is 0 Å². The predicted octanol–water partition coefficient (Wildman–Crippen LogP) is 3.30. The van der Waals surface area contributed by atoms with Crippen molar-refractivity contribution in [2.45, 2.75) is 59.9 Å². The summed E-state index contributed by atoms with van der Waals surface area (Å²) in [6.07, 6.45) is 2.21. The zero-order chi connectivity index (χ0) is 9.99. The molecule has 0 aromatic rings. The van der Waals surface area contributed by atoms with Gasteiger partial charge in [0.2, 0.25) is 0 Å². The molecule has 0 amide bonds. The van der Waals surface area contributed by atoms with E-state index in [2.05, 4.69) is 41.5 Å². The third kappa shape index (κ3) is 10.2. The molecule has 0 aromatic heterocycles. The van der Waals surface area contributed by atoms with Gasteiger partial charge in [0.05, 0.1) is 0 Å². The molecule has 0 heterocycles. The number of nitrogens with two attached hydrogens (primary N) is 1. The lowest BCUT2D eigenvalue weighted by Gasteiger charge is -2.33. The summed E-state index contributed by atoms with van der Waals surface area (Å²) >= 11 is 0. The van der Waals surface area contributed by atoms with Gasteiger partial charge in [-0.1, -0.05) is 34.6 Å². The van der Waals surface area contributed by atoms with Gasteiger partial charge in [-0.15, -0.1) is 0 Å². The number of hydrogen-bond donors (Lipinski definition) is 1. The summed E-state index contributed by atoms with van der Waals surface area (Å²) in [6, 6.07) is 0. The minimum Gasteiger partial charge on any atom is -0.325 e. The van der Waals surface area contributed by atoms with Gasteiger partial charge in [-0.25, -0.2) is 0 Å². The van der Waals surface area contributed by atoms with Crippen molar-refractivity contribution in [3.63, 3.8) is 0 Å². The second-order valence-electron chi connectivity index (χ2n) is 5.99. The maximum atomic E-state index is 6.20. The van der Waals surface area contributed by atoms with Crippen LogP contribution in [-0.2, 0) is 0 Å². The minimum absolute atomic E-state index is 0. The van der Waals surface area contributed by atoms with Gasteiger partial charge >= 0.3 is 0 Å². The van der Waals surface area contributed by atoms with E-state index in [0.717, 1.165) is 12.8 Å². The van der Waals surface area contributed by atoms with Gasteiger partial charge in [-0.05, 0) is 31.1 Å². The zero-order valence-corrected chi connectivity index (χ0v) is 11.1. The average molecular weight is 205 g/mol. The van der Waals surface area contributed by atoms with E-state index in [0.29, 0.717) is 11.3 Å². The normalized spacial score (nSPS) is 16.6. The van der Waals surface area contributed by atoms with Crippen LogP contribution >= 0.6 is 13.5 Å². The van der Waals surface area contributed by atoms with Crippen LogP contribution in [0.15, 0.2) is 0 Å². The van der Waals surface area contributed by atoms with Crippen molar-refractivity contribution in [1.82, 2.24) is 0 Å². The Morgan fingerprint density at radius 1 is 1.08 bits per heavy atom. The molecule has 0 aliphatic carbocycles. The fourth-order valence-electron chi connectivity index (χ4n) is 2.22. The summed E-state index contributed by atoms with van der Waals surface area (Å²) in [7, 11) is 0. The van der Waals surface area contributed by atoms with Gasteiger partial charge in [-0.2, -0.15) is 13.5 Å². The summed E-state index contributed by atoms with van der Waals surface area (Å²) in [5.74, 6) is 0.697. The first kappa shape index (κ1) is 15.8. The molecule has 2 N–H and O–H groups in total. The lowest BCUT2D eigenvalue weighted by atomic mass is 9.77. The summed E-state index contributed by atoms with van der Waals surface area (Å²) in [5.41, 5.74) is 6.56. The molecule has 0 radical (unpaired) electrons. The van der Waals surface area contributed by atoms with Crippen LogP contribution < -0.4 is 5.73 Å². The molecular formula is C11H27NS. The fourth-order valence-corrected chi connectivity index (χ4v) is 2.22. The molecule has 0 aliphatic heterocycles. The van der Waals surface area contributed by atoms with Crippen molar-refractivity contribution in [1.29, 1.82) is 0 Å². The lowest BCUT2D eigenvalue weighted by molar-refractivity contribution is 0.239. The second-order valence-corrected chi connectivity index (χ2v) is 5.99. The molecule has 0 unspecified atom stereocenters. The molecule has 0 bridgehead atoms. The molecule has 1 nitrogen and oxygen atoms in total. The van der Waals surface area contributed by atoms with Gasteiger partial charge < -0.3 is 5.73 Å². The average Bonchev–Trinajstić information content (AvgIpc) is 1.48. The Labute approximate surface area is 90.9 Å². The van der Waals surface area contributed by atoms with E-state index in [1.807, 2.05) is 0 Å². The highest BCUT2D eigenvalue weighted by molar-refractivity contribution is 7.59. The van der Waals surface area contributed by atoms with Crippen LogP contribution in [-0.4, -0.2) is 5.54 Å². The fraction of sp³-hybridized carbons (Fsp3) is 1.00. The van der Waals surface area contributed by atoms with Crippen LogP contribution in [0.3, 0.4) is 0 Å². The Morgan fingerprint density at radius 2 is 1.46 bits per heavy atom. The van der Waals surface area contributed by atoms with Crippen LogP contribution in [0.5, 0.6) is 0 Å². The first-order valence-electron chi connectivity index (χ1n) is 4.91. The first-order chi connectivity index (χ1) is 5.12. The molecule has 0 aliphatic rings. The van der Waals surface area contributed by atoms with E-state index < -0.39 is 0 Å². The van der Waals surface area contributed by atoms with Crippen LogP contribution in [0.2, 0.25) is 0 Å². The van der Waals surface area contributed by atoms with Gasteiger partial charge in [0.15, 0.2) is 0 Å². The Balaban J connectivity index is 0. The minimum atomic E-state index is 0. The summed E-state index contributed by atoms with van der Waals surface area (Å²) < 4.78 is 0. The third-order valence-corrected chi connectivity index (χ3v) is 1.81. The Bertz CT molecular complexity index is 134. The van der Waals surface area contributed by atoms with Crippen molar-refractivity contribution < 1.29 is 0 Å². The summed E-state index contributed by atoms with van der Waals surface area (Å²) in [4.78, 5) is 0. The molecule has 0 aromatic carbocycles. The van der Waals surface area contributed by atoms with Crippen molar-refractivity contribution in [2.24, 2.45) is 17.1 Å². The lowest BCUT2D eigenvalue weighted by Crippen LogP contribution is -2.41. The largest absolute Gasteiger partial charge is 0.325 e. The highest BCUT2D eigenvalue weighted by atomic mass is 32.1. The molecule has 0 fully saturated rings. The van der Waals surface area contributed by atoms with Crippen LogP contribution in [0.25, 0.3) is 0 Å². The second kappa shape index (κ2) is 5.26. The van der Waals surface area contributed by atoms with Gasteiger partial charge in [0.1, 0.15) is 0 Å². The van der Waals surface area contributed by atoms with E-state index in [4.69, 9.17) is 5.73 Å². The Kier molecular flexibility index (Phi) is 6.37. The highest BCUT2D eigenvalue weighted by Gasteiger charge is 2.26. The molecule has 0 rings (SSSR count). The van der Waals surface area contributed by atoms with Gasteiger partial charge in [-0.3, -0.25) is 0 Å². The molecule has 0 saturated heterocycles. The van der Waals surface area contributed by atoms with Gasteiger partial charge in [0, 0.05) is 5.54 Å². The molecular weight excluding hydrogens is 178 g/mol. The smallest absolute Gasteiger partial charge is 0.0133 e. The van der Waals surface area contributed by atoms with E-state index in [-0.39, 0.29) is 19.0 Å². The van der Waals surface area contributed by atoms with E-state index in [1.165, 1.54) is 0 Å². The molecule has 1 atom stereocenters. The van der Waals surface area contributed by atoms with Crippen molar-refractivity contribution >= 4 is 13.5 Å². The topological polar surface area (TPSA) is 26.0 Å². The maximum Gasteiger partial charge on any atom is 0.0133 e.